The van der Waals surface area contributed by atoms with Gasteiger partial charge in [-0.25, -0.2) is 18.2 Å². The average molecular weight is 785 g/mol. The van der Waals surface area contributed by atoms with Crippen LogP contribution in [0.15, 0.2) is 53.4 Å². The Bertz CT molecular complexity index is 2020. The van der Waals surface area contributed by atoms with Crippen molar-refractivity contribution in [3.05, 3.63) is 53.4 Å². The molecule has 2 aliphatic rings. The predicted molar refractivity (Wildman–Crippen MR) is 200 cm³/mol. The van der Waals surface area contributed by atoms with E-state index in [4.69, 9.17) is 9.47 Å². The van der Waals surface area contributed by atoms with Crippen molar-refractivity contribution in [2.45, 2.75) is 39.2 Å². The Kier molecular flexibility index (Phi) is 9.71. The van der Waals surface area contributed by atoms with E-state index in [-0.39, 0.29) is 28.9 Å². The van der Waals surface area contributed by atoms with Crippen LogP contribution in [0.2, 0.25) is 0 Å². The van der Waals surface area contributed by atoms with Gasteiger partial charge in [0.25, 0.3) is 0 Å². The number of likely N-dealkylation sites (tertiary alicyclic amines) is 1. The van der Waals surface area contributed by atoms with Crippen LogP contribution in [-0.2, 0) is 14.8 Å². The van der Waals surface area contributed by atoms with Gasteiger partial charge >= 0.3 is 6.09 Å². The molecule has 2 aromatic carbocycles. The van der Waals surface area contributed by atoms with Crippen LogP contribution in [0.1, 0.15) is 33.6 Å². The molecule has 2 fully saturated rings. The van der Waals surface area contributed by atoms with Crippen molar-refractivity contribution in [1.82, 2.24) is 25.1 Å². The Morgan fingerprint density at radius 2 is 1.82 bits per heavy atom. The summed E-state index contributed by atoms with van der Waals surface area (Å²) < 4.78 is 37.7. The largest absolute Gasteiger partial charge is 0.508 e. The van der Waals surface area contributed by atoms with Gasteiger partial charge in [0, 0.05) is 80.0 Å². The lowest BCUT2D eigenvalue weighted by molar-refractivity contribution is -0.0434. The molecule has 4 N–H and O–H groups in total. The number of nitrogens with zero attached hydrogens (tertiary/aromatic N) is 6. The fraction of sp³-hybridized carbons (Fsp3) is 0.412. The number of carbonyl (C=O) groups is 1. The number of phenols is 1. The number of hydrogen-bond donors (Lipinski definition) is 4. The van der Waals surface area contributed by atoms with Crippen LogP contribution in [0, 0.1) is 5.41 Å². The molecule has 0 atom stereocenters. The van der Waals surface area contributed by atoms with Gasteiger partial charge in [0.15, 0.2) is 0 Å². The molecule has 15 nitrogen and oxygen atoms in total. The minimum Gasteiger partial charge on any atom is -0.508 e. The Labute approximate surface area is 305 Å². The number of carbonyl (C=O) groups excluding carboxylic acids is 1. The van der Waals surface area contributed by atoms with E-state index in [1.54, 1.807) is 30.5 Å². The topological polar surface area (TPSA) is 178 Å². The summed E-state index contributed by atoms with van der Waals surface area (Å²) in [6.45, 7) is 8.65. The van der Waals surface area contributed by atoms with Crippen molar-refractivity contribution in [3.8, 4) is 22.6 Å². The van der Waals surface area contributed by atoms with Crippen molar-refractivity contribution in [3.63, 3.8) is 0 Å². The third kappa shape index (κ3) is 7.93. The van der Waals surface area contributed by atoms with E-state index in [1.165, 1.54) is 19.2 Å². The van der Waals surface area contributed by atoms with E-state index in [9.17, 15) is 18.3 Å². The van der Waals surface area contributed by atoms with Crippen molar-refractivity contribution in [2.75, 3.05) is 66.4 Å². The van der Waals surface area contributed by atoms with E-state index < -0.39 is 15.6 Å². The monoisotopic (exact) mass is 783 g/mol. The predicted octanol–water partition coefficient (Wildman–Crippen LogP) is 6.06. The lowest BCUT2D eigenvalue weighted by Crippen LogP contribution is -2.62. The molecule has 1 spiro atoms. The molecule has 0 bridgehead atoms. The average Bonchev–Trinajstić information content (AvgIpc) is 3.59. The van der Waals surface area contributed by atoms with Gasteiger partial charge in [-0.15, -0.1) is 0 Å². The Hall–Kier alpha value is -4.77. The van der Waals surface area contributed by atoms with Gasteiger partial charge in [-0.3, -0.25) is 9.40 Å². The number of nitrogens with one attached hydrogen (secondary N) is 3. The van der Waals surface area contributed by atoms with Gasteiger partial charge in [0.1, 0.15) is 22.9 Å². The molecule has 2 aliphatic heterocycles. The maximum absolute atomic E-state index is 12.6. The second-order valence-electron chi connectivity index (χ2n) is 14.0. The van der Waals surface area contributed by atoms with Crippen LogP contribution >= 0.6 is 15.9 Å². The van der Waals surface area contributed by atoms with Crippen LogP contribution in [0.25, 0.3) is 11.1 Å². The molecule has 51 heavy (non-hydrogen) atoms. The maximum Gasteiger partial charge on any atom is 0.410 e. The van der Waals surface area contributed by atoms with Crippen molar-refractivity contribution in [2.24, 2.45) is 5.41 Å². The molecular formula is C34H42BrN9O6S. The Morgan fingerprint density at radius 1 is 1.10 bits per heavy atom. The molecule has 6 rings (SSSR count). The quantitative estimate of drug-likeness (QED) is 0.145. The van der Waals surface area contributed by atoms with E-state index in [0.29, 0.717) is 40.5 Å². The highest BCUT2D eigenvalue weighted by Crippen LogP contribution is 2.46. The number of rotatable bonds is 9. The first-order valence-corrected chi connectivity index (χ1v) is 19.0. The molecule has 0 aliphatic carbocycles. The van der Waals surface area contributed by atoms with Crippen LogP contribution < -0.4 is 24.6 Å². The van der Waals surface area contributed by atoms with Gasteiger partial charge in [-0.1, -0.05) is 0 Å². The summed E-state index contributed by atoms with van der Waals surface area (Å²) in [6, 6.07) is 8.35. The third-order valence-corrected chi connectivity index (χ3v) is 10.8. The highest BCUT2D eigenvalue weighted by molar-refractivity contribution is 9.10. The number of benzene rings is 2. The summed E-state index contributed by atoms with van der Waals surface area (Å²) in [5.41, 5.74) is 3.63. The maximum atomic E-state index is 12.6. The molecule has 4 aromatic rings. The number of phenolic OH excluding ortho intramolecular Hbond substituents is 1. The molecular weight excluding hydrogens is 742 g/mol. The number of amides is 1. The molecule has 17 heteroatoms. The van der Waals surface area contributed by atoms with Crippen molar-refractivity contribution in [1.29, 1.82) is 0 Å². The molecule has 2 saturated heterocycles. The van der Waals surface area contributed by atoms with Gasteiger partial charge in [-0.2, -0.15) is 10.1 Å². The molecule has 0 radical (unpaired) electrons. The number of sulfonamides is 1. The highest BCUT2D eigenvalue weighted by atomic mass is 79.9. The molecule has 2 aromatic heterocycles. The van der Waals surface area contributed by atoms with Gasteiger partial charge in [0.2, 0.25) is 16.0 Å². The minimum absolute atomic E-state index is 0.0839. The number of anilines is 6. The van der Waals surface area contributed by atoms with Gasteiger partial charge in [0.05, 0.1) is 41.1 Å². The molecule has 4 heterocycles. The first-order valence-electron chi connectivity index (χ1n) is 16.3. The normalized spacial score (nSPS) is 15.7. The zero-order valence-electron chi connectivity index (χ0n) is 29.3. The zero-order valence-corrected chi connectivity index (χ0v) is 31.7. The number of methoxy groups -OCH3 is 1. The van der Waals surface area contributed by atoms with Crippen molar-refractivity contribution < 1.29 is 27.8 Å². The second kappa shape index (κ2) is 13.7. The molecule has 1 amide bonds. The minimum atomic E-state index is -3.62. The summed E-state index contributed by atoms with van der Waals surface area (Å²) in [7, 11) is -0.615. The van der Waals surface area contributed by atoms with E-state index in [2.05, 4.69) is 51.6 Å². The third-order valence-electron chi connectivity index (χ3n) is 9.06. The standard InChI is InChI=1S/C34H42BrN9O6S/c1-33(2,3)50-32(46)44-19-34(20-44)9-11-43(12-10-34)27-15-29(49-5)26(14-23(27)21-16-37-38-17-21)40-31-36-18-24(35)30(41-31)39-25-8-7-22(45)13-28(25)42(4)51(6,47)48/h7-8,13-18,45H,9-12,19-20H2,1-6H3,(H,37,38)(H2,36,39,40,41). The summed E-state index contributed by atoms with van der Waals surface area (Å²) in [5.74, 6) is 1.10. The van der Waals surface area contributed by atoms with Gasteiger partial charge in [-0.05, 0) is 67.7 Å². The van der Waals surface area contributed by atoms with E-state index >= 15 is 0 Å². The fourth-order valence-corrected chi connectivity index (χ4v) is 7.11. The van der Waals surface area contributed by atoms with Gasteiger partial charge < -0.3 is 35.0 Å². The van der Waals surface area contributed by atoms with Crippen LogP contribution in [-0.4, -0.2) is 96.9 Å². The Balaban J connectivity index is 1.24. The SMILES string of the molecule is COc1cc(N2CCC3(CC2)CN(C(=O)OC(C)(C)C)C3)c(-c2cn[nH]c2)cc1Nc1ncc(Br)c(Nc2ccc(O)cc2N(C)S(C)(=O)=O)n1. The van der Waals surface area contributed by atoms with Crippen LogP contribution in [0.5, 0.6) is 11.5 Å². The lowest BCUT2D eigenvalue weighted by atomic mass is 9.72. The summed E-state index contributed by atoms with van der Waals surface area (Å²) in [6.07, 6.45) is 7.88. The smallest absolute Gasteiger partial charge is 0.410 e. The number of aromatic nitrogens is 4. The second-order valence-corrected chi connectivity index (χ2v) is 16.8. The zero-order chi connectivity index (χ0) is 36.7. The number of H-pyrrole nitrogens is 1. The summed E-state index contributed by atoms with van der Waals surface area (Å²) >= 11 is 3.48. The first-order chi connectivity index (χ1) is 24.0. The number of hydrogen-bond acceptors (Lipinski definition) is 12. The lowest BCUT2D eigenvalue weighted by Gasteiger charge is -2.54. The Morgan fingerprint density at radius 3 is 2.45 bits per heavy atom. The van der Waals surface area contributed by atoms with Crippen LogP contribution in [0.3, 0.4) is 0 Å². The first kappa shape index (κ1) is 36.0. The summed E-state index contributed by atoms with van der Waals surface area (Å²) in [4.78, 5) is 25.8. The highest BCUT2D eigenvalue weighted by Gasteiger charge is 2.48. The summed E-state index contributed by atoms with van der Waals surface area (Å²) in [5, 5.41) is 23.7. The molecule has 272 valence electrons. The molecule has 0 unspecified atom stereocenters. The number of aromatic hydroxyl groups is 1. The van der Waals surface area contributed by atoms with Crippen molar-refractivity contribution >= 4 is 66.6 Å². The number of halogens is 1. The molecule has 0 saturated carbocycles. The van der Waals surface area contributed by atoms with E-state index in [0.717, 1.165) is 53.3 Å². The fourth-order valence-electron chi connectivity index (χ4n) is 6.31. The van der Waals surface area contributed by atoms with Crippen LogP contribution in [0.4, 0.5) is 39.3 Å². The number of aromatic amines is 1. The van der Waals surface area contributed by atoms with E-state index in [1.807, 2.05) is 39.1 Å². The number of ether oxygens (including phenoxy) is 2. The number of piperidine rings is 1.